The van der Waals surface area contributed by atoms with Crippen molar-refractivity contribution in [2.24, 2.45) is 4.99 Å². The molecule has 0 aromatic rings. The standard InChI is InChI=1S/C14H28N4O3S.HI/c1-5-7-16-12(19)10-17-13(15-6-2)18-8-9-22(20,21)14(3,4)11-18;/h5-11H2,1-4H3,(H,15,17)(H,16,19);1H. The fraction of sp³-hybridized carbons (Fsp3) is 0.857. The normalized spacial score (nSPS) is 19.7. The summed E-state index contributed by atoms with van der Waals surface area (Å²) in [5, 5.41) is 5.90. The second-order valence-electron chi connectivity index (χ2n) is 6.02. The molecular weight excluding hydrogens is 431 g/mol. The summed E-state index contributed by atoms with van der Waals surface area (Å²) in [6.07, 6.45) is 0.883. The second kappa shape index (κ2) is 9.65. The first-order valence-electron chi connectivity index (χ1n) is 7.75. The van der Waals surface area contributed by atoms with E-state index < -0.39 is 14.6 Å². The molecule has 0 atom stereocenters. The van der Waals surface area contributed by atoms with E-state index in [0.717, 1.165) is 6.42 Å². The van der Waals surface area contributed by atoms with Crippen molar-refractivity contribution < 1.29 is 13.2 Å². The summed E-state index contributed by atoms with van der Waals surface area (Å²) in [5.74, 6) is 0.574. The lowest BCUT2D eigenvalue weighted by atomic mass is 10.2. The van der Waals surface area contributed by atoms with Gasteiger partial charge in [0.05, 0.1) is 10.5 Å². The van der Waals surface area contributed by atoms with Gasteiger partial charge in [0.1, 0.15) is 6.54 Å². The average Bonchev–Trinajstić information content (AvgIpc) is 2.44. The molecule has 0 bridgehead atoms. The molecule has 0 aromatic carbocycles. The van der Waals surface area contributed by atoms with Gasteiger partial charge in [-0.3, -0.25) is 4.79 Å². The molecular formula is C14H29IN4O3S. The van der Waals surface area contributed by atoms with Gasteiger partial charge in [-0.25, -0.2) is 13.4 Å². The van der Waals surface area contributed by atoms with Gasteiger partial charge < -0.3 is 15.5 Å². The number of sulfone groups is 1. The van der Waals surface area contributed by atoms with Crippen molar-refractivity contribution >= 4 is 45.7 Å². The molecule has 1 saturated heterocycles. The van der Waals surface area contributed by atoms with Crippen molar-refractivity contribution in [3.05, 3.63) is 0 Å². The van der Waals surface area contributed by atoms with Crippen LogP contribution in [0.25, 0.3) is 0 Å². The lowest BCUT2D eigenvalue weighted by Gasteiger charge is -2.39. The minimum Gasteiger partial charge on any atom is -0.357 e. The Morgan fingerprint density at radius 3 is 2.43 bits per heavy atom. The molecule has 23 heavy (non-hydrogen) atoms. The van der Waals surface area contributed by atoms with E-state index in [9.17, 15) is 13.2 Å². The van der Waals surface area contributed by atoms with Gasteiger partial charge >= 0.3 is 0 Å². The molecule has 2 N–H and O–H groups in total. The summed E-state index contributed by atoms with van der Waals surface area (Å²) in [6, 6.07) is 0. The maximum absolute atomic E-state index is 12.1. The van der Waals surface area contributed by atoms with Crippen LogP contribution in [0.1, 0.15) is 34.1 Å². The number of nitrogens with one attached hydrogen (secondary N) is 2. The Hall–Kier alpha value is -0.580. The van der Waals surface area contributed by atoms with Crippen LogP contribution in [-0.4, -0.2) is 68.4 Å². The van der Waals surface area contributed by atoms with Crippen LogP contribution in [0.2, 0.25) is 0 Å². The highest BCUT2D eigenvalue weighted by atomic mass is 127. The third kappa shape index (κ3) is 6.44. The number of guanidine groups is 1. The summed E-state index contributed by atoms with van der Waals surface area (Å²) in [4.78, 5) is 17.9. The van der Waals surface area contributed by atoms with Crippen LogP contribution >= 0.6 is 24.0 Å². The fourth-order valence-corrected chi connectivity index (χ4v) is 3.58. The number of carbonyl (C=O) groups excluding carboxylic acids is 1. The molecule has 1 rings (SSSR count). The zero-order chi connectivity index (χ0) is 16.8. The monoisotopic (exact) mass is 460 g/mol. The molecule has 1 heterocycles. The average molecular weight is 460 g/mol. The van der Waals surface area contributed by atoms with Gasteiger partial charge in [-0.2, -0.15) is 0 Å². The van der Waals surface area contributed by atoms with Crippen LogP contribution in [0.4, 0.5) is 0 Å². The van der Waals surface area contributed by atoms with Gasteiger partial charge in [-0.1, -0.05) is 6.92 Å². The highest BCUT2D eigenvalue weighted by molar-refractivity contribution is 14.0. The van der Waals surface area contributed by atoms with Gasteiger partial charge in [0.15, 0.2) is 15.8 Å². The molecule has 9 heteroatoms. The van der Waals surface area contributed by atoms with Crippen molar-refractivity contribution in [3.8, 4) is 0 Å². The van der Waals surface area contributed by atoms with Crippen LogP contribution in [-0.2, 0) is 14.6 Å². The Labute approximate surface area is 156 Å². The van der Waals surface area contributed by atoms with E-state index in [-0.39, 0.29) is 42.2 Å². The third-order valence-electron chi connectivity index (χ3n) is 3.62. The summed E-state index contributed by atoms with van der Waals surface area (Å²) >= 11 is 0. The number of nitrogens with zero attached hydrogens (tertiary/aromatic N) is 2. The number of aliphatic imine (C=N–C) groups is 1. The number of hydrogen-bond acceptors (Lipinski definition) is 4. The Morgan fingerprint density at radius 1 is 1.26 bits per heavy atom. The van der Waals surface area contributed by atoms with E-state index in [1.165, 1.54) is 0 Å². The summed E-state index contributed by atoms with van der Waals surface area (Å²) in [6.45, 7) is 9.51. The van der Waals surface area contributed by atoms with Crippen LogP contribution < -0.4 is 10.6 Å². The van der Waals surface area contributed by atoms with Crippen LogP contribution in [0.15, 0.2) is 4.99 Å². The predicted molar refractivity (Wildman–Crippen MR) is 104 cm³/mol. The second-order valence-corrected chi connectivity index (χ2v) is 8.76. The molecule has 1 aliphatic heterocycles. The van der Waals surface area contributed by atoms with E-state index in [1.54, 1.807) is 13.8 Å². The zero-order valence-electron chi connectivity index (χ0n) is 14.4. The van der Waals surface area contributed by atoms with Crippen molar-refractivity contribution in [1.29, 1.82) is 0 Å². The van der Waals surface area contributed by atoms with Crippen LogP contribution in [0, 0.1) is 0 Å². The molecule has 1 amide bonds. The molecule has 0 spiro atoms. The van der Waals surface area contributed by atoms with Crippen LogP contribution in [0.5, 0.6) is 0 Å². The first kappa shape index (κ1) is 22.4. The molecule has 0 saturated carbocycles. The number of hydrogen-bond donors (Lipinski definition) is 2. The highest BCUT2D eigenvalue weighted by Crippen LogP contribution is 2.23. The molecule has 1 aliphatic rings. The van der Waals surface area contributed by atoms with Crippen LogP contribution in [0.3, 0.4) is 0 Å². The Bertz CT molecular complexity index is 520. The van der Waals surface area contributed by atoms with E-state index in [1.807, 2.05) is 18.7 Å². The van der Waals surface area contributed by atoms with E-state index >= 15 is 0 Å². The lowest BCUT2D eigenvalue weighted by molar-refractivity contribution is -0.119. The largest absolute Gasteiger partial charge is 0.357 e. The van der Waals surface area contributed by atoms with Crippen molar-refractivity contribution in [2.75, 3.05) is 38.5 Å². The third-order valence-corrected chi connectivity index (χ3v) is 6.16. The van der Waals surface area contributed by atoms with Crippen molar-refractivity contribution in [2.45, 2.75) is 38.9 Å². The Morgan fingerprint density at radius 2 is 1.91 bits per heavy atom. The van der Waals surface area contributed by atoms with Crippen molar-refractivity contribution in [1.82, 2.24) is 15.5 Å². The molecule has 0 aliphatic carbocycles. The Balaban J connectivity index is 0.00000484. The molecule has 0 radical (unpaired) electrons. The minimum atomic E-state index is -3.09. The number of halogens is 1. The first-order chi connectivity index (χ1) is 10.2. The van der Waals surface area contributed by atoms with Gasteiger partial charge in [0.2, 0.25) is 5.91 Å². The van der Waals surface area contributed by atoms with Gasteiger partial charge in [0, 0.05) is 26.2 Å². The Kier molecular flexibility index (Phi) is 9.41. The molecule has 7 nitrogen and oxygen atoms in total. The van der Waals surface area contributed by atoms with E-state index in [4.69, 9.17) is 0 Å². The quantitative estimate of drug-likeness (QED) is 0.357. The maximum atomic E-state index is 12.1. The summed E-state index contributed by atoms with van der Waals surface area (Å²) in [5.41, 5.74) is 0. The minimum absolute atomic E-state index is 0. The predicted octanol–water partition coefficient (Wildman–Crippen LogP) is 0.605. The summed E-state index contributed by atoms with van der Waals surface area (Å²) in [7, 11) is -3.09. The first-order valence-corrected chi connectivity index (χ1v) is 9.41. The number of amides is 1. The molecule has 1 fully saturated rings. The smallest absolute Gasteiger partial charge is 0.241 e. The van der Waals surface area contributed by atoms with Gasteiger partial charge in [-0.15, -0.1) is 24.0 Å². The zero-order valence-corrected chi connectivity index (χ0v) is 17.5. The van der Waals surface area contributed by atoms with Gasteiger partial charge in [-0.05, 0) is 27.2 Å². The summed E-state index contributed by atoms with van der Waals surface area (Å²) < 4.78 is 23.3. The molecule has 136 valence electrons. The number of carbonyl (C=O) groups is 1. The van der Waals surface area contributed by atoms with E-state index in [2.05, 4.69) is 15.6 Å². The van der Waals surface area contributed by atoms with Crippen molar-refractivity contribution in [3.63, 3.8) is 0 Å². The van der Waals surface area contributed by atoms with E-state index in [0.29, 0.717) is 32.1 Å². The topological polar surface area (TPSA) is 90.9 Å². The highest BCUT2D eigenvalue weighted by Gasteiger charge is 2.40. The maximum Gasteiger partial charge on any atom is 0.241 e. The molecule has 0 aromatic heterocycles. The SMILES string of the molecule is CCCNC(=O)CN=C(NCC)N1CCS(=O)(=O)C(C)(C)C1.I. The van der Waals surface area contributed by atoms with Gasteiger partial charge in [0.25, 0.3) is 0 Å². The molecule has 0 unspecified atom stereocenters. The lowest BCUT2D eigenvalue weighted by Crippen LogP contribution is -2.57. The number of rotatable bonds is 5. The fourth-order valence-electron chi connectivity index (χ4n) is 2.22.